The van der Waals surface area contributed by atoms with Gasteiger partial charge in [-0.15, -0.1) is 5.10 Å². The zero-order valence-electron chi connectivity index (χ0n) is 13.4. The Balaban J connectivity index is 1.45. The minimum absolute atomic E-state index is 0.0521. The van der Waals surface area contributed by atoms with Gasteiger partial charge in [0.05, 0.1) is 6.54 Å². The zero-order chi connectivity index (χ0) is 16.4. The summed E-state index contributed by atoms with van der Waals surface area (Å²) in [5.41, 5.74) is 0.805. The van der Waals surface area contributed by atoms with Gasteiger partial charge in [-0.3, -0.25) is 9.69 Å². The highest BCUT2D eigenvalue weighted by Gasteiger charge is 2.27. The Morgan fingerprint density at radius 3 is 2.92 bits per heavy atom. The lowest BCUT2D eigenvalue weighted by Crippen LogP contribution is -2.38. The molecule has 0 amide bonds. The maximum Gasteiger partial charge on any atom is 0.252 e. The minimum atomic E-state index is 0.0521. The van der Waals surface area contributed by atoms with Gasteiger partial charge >= 0.3 is 0 Å². The maximum atomic E-state index is 12.7. The van der Waals surface area contributed by atoms with Crippen molar-refractivity contribution in [3.8, 4) is 0 Å². The van der Waals surface area contributed by atoms with Crippen molar-refractivity contribution in [2.45, 2.75) is 19.4 Å². The molecule has 1 aromatic carbocycles. The number of nitrogens with zero attached hydrogens (tertiary/aromatic N) is 5. The van der Waals surface area contributed by atoms with E-state index in [4.69, 9.17) is 0 Å². The van der Waals surface area contributed by atoms with E-state index < -0.39 is 0 Å². The fourth-order valence-electron chi connectivity index (χ4n) is 3.29. The van der Waals surface area contributed by atoms with E-state index in [2.05, 4.69) is 20.0 Å². The molecule has 3 aromatic rings. The number of Topliss-reactive ketones (excluding diaryl/α,β-unsaturated/α-hetero) is 1. The molecular weight excluding hydrogens is 302 g/mol. The van der Waals surface area contributed by atoms with E-state index in [1.54, 1.807) is 10.7 Å². The quantitative estimate of drug-likeness (QED) is 0.690. The van der Waals surface area contributed by atoms with Gasteiger partial charge in [-0.2, -0.15) is 4.98 Å². The second-order valence-corrected chi connectivity index (χ2v) is 6.20. The molecule has 0 bridgehead atoms. The summed E-state index contributed by atoms with van der Waals surface area (Å²) in [5.74, 6) is 1.66. The first-order valence-corrected chi connectivity index (χ1v) is 8.27. The van der Waals surface area contributed by atoms with Crippen LogP contribution < -0.4 is 0 Å². The third kappa shape index (κ3) is 3.05. The fraction of sp³-hybridized carbons (Fsp3) is 0.333. The van der Waals surface area contributed by atoms with Gasteiger partial charge in [0.1, 0.15) is 0 Å². The Bertz CT molecular complexity index is 812. The van der Waals surface area contributed by atoms with Crippen molar-refractivity contribution in [3.63, 3.8) is 0 Å². The molecule has 6 heteroatoms. The van der Waals surface area contributed by atoms with Crippen LogP contribution in [0.4, 0.5) is 0 Å². The smallest absolute Gasteiger partial charge is 0.252 e. The summed E-state index contributed by atoms with van der Waals surface area (Å²) in [5, 5.41) is 4.45. The zero-order valence-corrected chi connectivity index (χ0v) is 13.4. The summed E-state index contributed by atoms with van der Waals surface area (Å²) in [6.07, 6.45) is 5.53. The summed E-state index contributed by atoms with van der Waals surface area (Å²) in [4.78, 5) is 23.6. The Hall–Kier alpha value is -2.60. The molecule has 0 spiro atoms. The monoisotopic (exact) mass is 321 g/mol. The Morgan fingerprint density at radius 2 is 2.08 bits per heavy atom. The number of likely N-dealkylation sites (tertiary alicyclic amines) is 1. The van der Waals surface area contributed by atoms with Crippen LogP contribution in [0.1, 0.15) is 29.0 Å². The highest BCUT2D eigenvalue weighted by Crippen LogP contribution is 2.22. The number of benzene rings is 1. The van der Waals surface area contributed by atoms with Crippen molar-refractivity contribution in [1.29, 1.82) is 0 Å². The van der Waals surface area contributed by atoms with Crippen LogP contribution in [0.5, 0.6) is 0 Å². The molecular formula is C18H19N5O. The normalized spacial score (nSPS) is 18.8. The van der Waals surface area contributed by atoms with Gasteiger partial charge in [0.2, 0.25) is 0 Å². The number of piperidine rings is 1. The molecule has 3 heterocycles. The van der Waals surface area contributed by atoms with Crippen LogP contribution in [0.25, 0.3) is 5.78 Å². The standard InChI is InChI=1S/C18H19N5O/c24-17(14-6-2-1-3-7-14)15-8-4-10-22(12-15)13-16-20-18-19-9-5-11-23(18)21-16/h1-3,5-7,9,11,15H,4,8,10,12-13H2/t15-/m0/s1. The molecule has 1 atom stereocenters. The average Bonchev–Trinajstić information content (AvgIpc) is 3.04. The van der Waals surface area contributed by atoms with Crippen LogP contribution in [0, 0.1) is 5.92 Å². The first kappa shape index (κ1) is 15.0. The van der Waals surface area contributed by atoms with Crippen LogP contribution in [-0.4, -0.2) is 43.4 Å². The van der Waals surface area contributed by atoms with Crippen molar-refractivity contribution >= 4 is 11.6 Å². The molecule has 1 aliphatic heterocycles. The molecule has 1 fully saturated rings. The third-order valence-electron chi connectivity index (χ3n) is 4.46. The Morgan fingerprint density at radius 1 is 1.21 bits per heavy atom. The van der Waals surface area contributed by atoms with Gasteiger partial charge in [0, 0.05) is 30.4 Å². The van der Waals surface area contributed by atoms with Gasteiger partial charge < -0.3 is 0 Å². The van der Waals surface area contributed by atoms with Crippen molar-refractivity contribution < 1.29 is 4.79 Å². The number of carbonyl (C=O) groups excluding carboxylic acids is 1. The van der Waals surface area contributed by atoms with Crippen LogP contribution in [0.2, 0.25) is 0 Å². The topological polar surface area (TPSA) is 63.4 Å². The summed E-state index contributed by atoms with van der Waals surface area (Å²) >= 11 is 0. The van der Waals surface area contributed by atoms with Crippen molar-refractivity contribution in [1.82, 2.24) is 24.5 Å². The molecule has 0 aliphatic carbocycles. The molecule has 2 aromatic heterocycles. The second-order valence-electron chi connectivity index (χ2n) is 6.20. The van der Waals surface area contributed by atoms with Crippen molar-refractivity contribution in [3.05, 3.63) is 60.2 Å². The summed E-state index contributed by atoms with van der Waals surface area (Å²) in [6.45, 7) is 2.39. The number of carbonyl (C=O) groups is 1. The molecule has 0 radical (unpaired) electrons. The van der Waals surface area contributed by atoms with E-state index in [9.17, 15) is 4.79 Å². The fourth-order valence-corrected chi connectivity index (χ4v) is 3.29. The number of ketones is 1. The molecule has 4 rings (SSSR count). The molecule has 122 valence electrons. The number of hydrogen-bond donors (Lipinski definition) is 0. The van der Waals surface area contributed by atoms with E-state index in [1.165, 1.54) is 0 Å². The molecule has 1 saturated heterocycles. The average molecular weight is 321 g/mol. The lowest BCUT2D eigenvalue weighted by Gasteiger charge is -2.31. The molecule has 1 aliphatic rings. The minimum Gasteiger partial charge on any atom is -0.295 e. The van der Waals surface area contributed by atoms with Crippen molar-refractivity contribution in [2.75, 3.05) is 13.1 Å². The van der Waals surface area contributed by atoms with E-state index in [-0.39, 0.29) is 11.7 Å². The van der Waals surface area contributed by atoms with Crippen LogP contribution >= 0.6 is 0 Å². The molecule has 24 heavy (non-hydrogen) atoms. The summed E-state index contributed by atoms with van der Waals surface area (Å²) in [7, 11) is 0. The van der Waals surface area contributed by atoms with E-state index in [1.807, 2.05) is 42.6 Å². The van der Waals surface area contributed by atoms with Crippen molar-refractivity contribution in [2.24, 2.45) is 5.92 Å². The maximum absolute atomic E-state index is 12.7. The van der Waals surface area contributed by atoms with E-state index in [0.717, 1.165) is 37.3 Å². The molecule has 0 N–H and O–H groups in total. The number of rotatable bonds is 4. The lowest BCUT2D eigenvalue weighted by molar-refractivity contribution is 0.0808. The Kier molecular flexibility index (Phi) is 4.04. The van der Waals surface area contributed by atoms with Gasteiger partial charge in [-0.1, -0.05) is 30.3 Å². The van der Waals surface area contributed by atoms with Crippen LogP contribution in [0.3, 0.4) is 0 Å². The second kappa shape index (κ2) is 6.49. The first-order valence-electron chi connectivity index (χ1n) is 8.27. The number of fused-ring (bicyclic) bond motifs is 1. The highest BCUT2D eigenvalue weighted by atomic mass is 16.1. The van der Waals surface area contributed by atoms with E-state index in [0.29, 0.717) is 12.3 Å². The molecule has 0 unspecified atom stereocenters. The number of aromatic nitrogens is 4. The predicted octanol–water partition coefficient (Wildman–Crippen LogP) is 2.22. The highest BCUT2D eigenvalue weighted by molar-refractivity contribution is 5.98. The predicted molar refractivity (Wildman–Crippen MR) is 89.6 cm³/mol. The molecule has 0 saturated carbocycles. The van der Waals surface area contributed by atoms with Gasteiger partial charge in [0.25, 0.3) is 5.78 Å². The summed E-state index contributed by atoms with van der Waals surface area (Å²) in [6, 6.07) is 11.4. The van der Waals surface area contributed by atoms with Gasteiger partial charge in [-0.05, 0) is 25.5 Å². The largest absolute Gasteiger partial charge is 0.295 e. The molecule has 6 nitrogen and oxygen atoms in total. The van der Waals surface area contributed by atoms with Gasteiger partial charge in [0.15, 0.2) is 11.6 Å². The van der Waals surface area contributed by atoms with Crippen LogP contribution in [0.15, 0.2) is 48.8 Å². The third-order valence-corrected chi connectivity index (χ3v) is 4.46. The van der Waals surface area contributed by atoms with Crippen LogP contribution in [-0.2, 0) is 6.54 Å². The van der Waals surface area contributed by atoms with E-state index >= 15 is 0 Å². The summed E-state index contributed by atoms with van der Waals surface area (Å²) < 4.78 is 1.69. The first-order chi connectivity index (χ1) is 11.8. The lowest BCUT2D eigenvalue weighted by atomic mass is 9.90. The van der Waals surface area contributed by atoms with Gasteiger partial charge in [-0.25, -0.2) is 9.50 Å². The Labute approximate surface area is 140 Å². The number of hydrogen-bond acceptors (Lipinski definition) is 5. The SMILES string of the molecule is O=C(c1ccccc1)[C@H]1CCCN(Cc2nc3ncccn3n2)C1.